The number of aromatic nitrogens is 2. The zero-order chi connectivity index (χ0) is 27.0. The number of rotatable bonds is 9. The summed E-state index contributed by atoms with van der Waals surface area (Å²) in [7, 11) is 0. The molecule has 0 spiro atoms. The third kappa shape index (κ3) is 6.53. The Morgan fingerprint density at radius 3 is 2.43 bits per heavy atom. The zero-order valence-electron chi connectivity index (χ0n) is 20.7. The van der Waals surface area contributed by atoms with Crippen molar-refractivity contribution in [1.82, 2.24) is 15.3 Å². The smallest absolute Gasteiger partial charge is 0.361 e. The first kappa shape index (κ1) is 27.2. The van der Waals surface area contributed by atoms with Gasteiger partial charge in [0.15, 0.2) is 6.29 Å². The highest BCUT2D eigenvalue weighted by atomic mass is 19.4. The highest BCUT2D eigenvalue weighted by Crippen LogP contribution is 2.41. The molecule has 2 aromatic rings. The molecule has 1 aliphatic carbocycles. The number of anilines is 1. The number of ether oxygens (including phenoxy) is 2. The average Bonchev–Trinajstić information content (AvgIpc) is 3.35. The number of alkyl halides is 5. The number of amides is 1. The Morgan fingerprint density at radius 1 is 1.16 bits per heavy atom. The predicted molar refractivity (Wildman–Crippen MR) is 124 cm³/mol. The van der Waals surface area contributed by atoms with E-state index in [1.54, 1.807) is 32.9 Å². The van der Waals surface area contributed by atoms with E-state index in [1.165, 1.54) is 12.1 Å². The third-order valence-corrected chi connectivity index (χ3v) is 6.40. The summed E-state index contributed by atoms with van der Waals surface area (Å²) in [6, 6.07) is 6.15. The van der Waals surface area contributed by atoms with Crippen molar-refractivity contribution in [1.29, 1.82) is 0 Å². The van der Waals surface area contributed by atoms with E-state index < -0.39 is 42.3 Å². The molecule has 0 radical (unpaired) electrons. The fourth-order valence-corrected chi connectivity index (χ4v) is 4.32. The van der Waals surface area contributed by atoms with Gasteiger partial charge >= 0.3 is 6.18 Å². The summed E-state index contributed by atoms with van der Waals surface area (Å²) in [5, 5.41) is 5.69. The molecule has 37 heavy (non-hydrogen) atoms. The van der Waals surface area contributed by atoms with Crippen LogP contribution in [0, 0.1) is 6.92 Å². The van der Waals surface area contributed by atoms with Gasteiger partial charge in [0.25, 0.3) is 6.43 Å². The number of hydrogen-bond donors (Lipinski definition) is 2. The van der Waals surface area contributed by atoms with Gasteiger partial charge in [0.1, 0.15) is 17.2 Å². The van der Waals surface area contributed by atoms with Gasteiger partial charge in [-0.15, -0.1) is 0 Å². The lowest BCUT2D eigenvalue weighted by molar-refractivity contribution is -0.127. The molecule has 12 heteroatoms. The molecule has 4 rings (SSSR count). The Morgan fingerprint density at radius 2 is 1.84 bits per heavy atom. The summed E-state index contributed by atoms with van der Waals surface area (Å²) in [4.78, 5) is 21.6. The molecule has 1 saturated carbocycles. The highest BCUT2D eigenvalue weighted by molar-refractivity contribution is 5.80. The SMILES string of the molecule is Cc1nc(CC(=O)NC2(C(F)F)CC2)c(C2OCCO2)c(NC(C)(C)c2cccc(CC(F)(F)F)c2)n1. The van der Waals surface area contributed by atoms with Crippen molar-refractivity contribution < 1.29 is 36.2 Å². The molecule has 0 bridgehead atoms. The zero-order valence-corrected chi connectivity index (χ0v) is 20.7. The monoisotopic (exact) mass is 528 g/mol. The Kier molecular flexibility index (Phi) is 7.44. The summed E-state index contributed by atoms with van der Waals surface area (Å²) in [6.07, 6.45) is -8.86. The Labute approximate surface area is 211 Å². The molecule has 2 aliphatic rings. The molecule has 0 atom stereocenters. The van der Waals surface area contributed by atoms with Gasteiger partial charge in [-0.2, -0.15) is 13.2 Å². The first-order valence-corrected chi connectivity index (χ1v) is 11.9. The summed E-state index contributed by atoms with van der Waals surface area (Å²) in [6.45, 7) is 5.76. The average molecular weight is 529 g/mol. The van der Waals surface area contributed by atoms with Gasteiger partial charge in [-0.25, -0.2) is 18.7 Å². The minimum absolute atomic E-state index is 0.117. The normalized spacial score (nSPS) is 17.8. The predicted octanol–water partition coefficient (Wildman–Crippen LogP) is 4.74. The van der Waals surface area contributed by atoms with E-state index in [1.807, 2.05) is 0 Å². The second kappa shape index (κ2) is 10.1. The standard InChI is InChI=1S/C25H29F5N4O3/c1-14-31-17(12-18(35)33-24(7-8-24)22(26)27)19(21-36-9-10-37-21)20(32-14)34-23(2,3)16-6-4-5-15(11-16)13-25(28,29)30/h4-6,11,21-22H,7-10,12-13H2,1-3H3,(H,33,35)(H,31,32,34). The molecule has 7 nitrogen and oxygen atoms in total. The van der Waals surface area contributed by atoms with E-state index in [2.05, 4.69) is 20.6 Å². The van der Waals surface area contributed by atoms with Crippen molar-refractivity contribution >= 4 is 11.7 Å². The van der Waals surface area contributed by atoms with Crippen molar-refractivity contribution in [2.75, 3.05) is 18.5 Å². The van der Waals surface area contributed by atoms with E-state index in [9.17, 15) is 26.7 Å². The van der Waals surface area contributed by atoms with Crippen molar-refractivity contribution in [3.63, 3.8) is 0 Å². The Bertz CT molecular complexity index is 1150. The number of carbonyl (C=O) groups is 1. The Hall–Kier alpha value is -2.86. The largest absolute Gasteiger partial charge is 0.393 e. The van der Waals surface area contributed by atoms with E-state index in [4.69, 9.17) is 9.47 Å². The lowest BCUT2D eigenvalue weighted by Gasteiger charge is -2.30. The lowest BCUT2D eigenvalue weighted by Crippen LogP contribution is -2.43. The molecule has 2 fully saturated rings. The molecule has 2 heterocycles. The number of aryl methyl sites for hydroxylation is 1. The first-order valence-electron chi connectivity index (χ1n) is 11.9. The topological polar surface area (TPSA) is 85.4 Å². The van der Waals surface area contributed by atoms with Gasteiger partial charge in [-0.1, -0.05) is 24.3 Å². The quantitative estimate of drug-likeness (QED) is 0.458. The van der Waals surface area contributed by atoms with Crippen LogP contribution in [-0.2, 0) is 32.6 Å². The molecular formula is C25H29F5N4O3. The second-order valence-electron chi connectivity index (χ2n) is 9.98. The van der Waals surface area contributed by atoms with Crippen molar-refractivity contribution in [3.8, 4) is 0 Å². The Balaban J connectivity index is 1.65. The van der Waals surface area contributed by atoms with Crippen molar-refractivity contribution in [2.45, 2.75) is 76.4 Å². The molecule has 1 amide bonds. The molecule has 1 aromatic carbocycles. The second-order valence-corrected chi connectivity index (χ2v) is 9.98. The van der Waals surface area contributed by atoms with Crippen LogP contribution in [0.25, 0.3) is 0 Å². The molecular weight excluding hydrogens is 499 g/mol. The summed E-state index contributed by atoms with van der Waals surface area (Å²) >= 11 is 0. The number of nitrogens with zero attached hydrogens (tertiary/aromatic N) is 2. The van der Waals surface area contributed by atoms with Crippen LogP contribution in [0.4, 0.5) is 27.8 Å². The summed E-state index contributed by atoms with van der Waals surface area (Å²) in [5.41, 5.74) is -1.10. The van der Waals surface area contributed by atoms with Crippen molar-refractivity contribution in [3.05, 3.63) is 52.5 Å². The van der Waals surface area contributed by atoms with Crippen LogP contribution < -0.4 is 10.6 Å². The van der Waals surface area contributed by atoms with Crippen LogP contribution in [-0.4, -0.2) is 47.2 Å². The highest BCUT2D eigenvalue weighted by Gasteiger charge is 2.52. The lowest BCUT2D eigenvalue weighted by atomic mass is 9.91. The maximum absolute atomic E-state index is 13.3. The fourth-order valence-electron chi connectivity index (χ4n) is 4.32. The van der Waals surface area contributed by atoms with Crippen LogP contribution in [0.3, 0.4) is 0 Å². The molecule has 1 saturated heterocycles. The van der Waals surface area contributed by atoms with Crippen LogP contribution in [0.5, 0.6) is 0 Å². The van der Waals surface area contributed by atoms with Gasteiger partial charge in [0.2, 0.25) is 5.91 Å². The van der Waals surface area contributed by atoms with Gasteiger partial charge in [-0.3, -0.25) is 4.79 Å². The third-order valence-electron chi connectivity index (χ3n) is 6.40. The minimum atomic E-state index is -4.34. The van der Waals surface area contributed by atoms with Crippen LogP contribution in [0.1, 0.15) is 61.2 Å². The van der Waals surface area contributed by atoms with E-state index in [0.717, 1.165) is 0 Å². The number of nitrogens with one attached hydrogen (secondary N) is 2. The maximum Gasteiger partial charge on any atom is 0.393 e. The molecule has 2 N–H and O–H groups in total. The van der Waals surface area contributed by atoms with Crippen LogP contribution in [0.2, 0.25) is 0 Å². The molecule has 1 aromatic heterocycles. The number of carbonyl (C=O) groups excluding carboxylic acids is 1. The van der Waals surface area contributed by atoms with Gasteiger partial charge in [0, 0.05) is 0 Å². The van der Waals surface area contributed by atoms with Crippen molar-refractivity contribution in [2.24, 2.45) is 0 Å². The molecule has 202 valence electrons. The van der Waals surface area contributed by atoms with E-state index >= 15 is 0 Å². The van der Waals surface area contributed by atoms with Gasteiger partial charge in [-0.05, 0) is 44.7 Å². The number of halogens is 5. The minimum Gasteiger partial charge on any atom is -0.361 e. The first-order chi connectivity index (χ1) is 17.3. The van der Waals surface area contributed by atoms with Gasteiger partial charge < -0.3 is 20.1 Å². The van der Waals surface area contributed by atoms with Gasteiger partial charge in [0.05, 0.1) is 42.9 Å². The number of hydrogen-bond acceptors (Lipinski definition) is 6. The van der Waals surface area contributed by atoms with Crippen LogP contribution >= 0.6 is 0 Å². The summed E-state index contributed by atoms with van der Waals surface area (Å²) < 4.78 is 76.9. The molecule has 0 unspecified atom stereocenters. The fraction of sp³-hybridized carbons (Fsp3) is 0.560. The van der Waals surface area contributed by atoms with Crippen LogP contribution in [0.15, 0.2) is 24.3 Å². The number of benzene rings is 1. The van der Waals surface area contributed by atoms with E-state index in [-0.39, 0.29) is 36.3 Å². The van der Waals surface area contributed by atoms with E-state index in [0.29, 0.717) is 30.2 Å². The maximum atomic E-state index is 13.3. The molecule has 1 aliphatic heterocycles. The summed E-state index contributed by atoms with van der Waals surface area (Å²) in [5.74, 6) is -0.0210.